The molecule has 6 nitrogen and oxygen atoms in total. The second-order valence-electron chi connectivity index (χ2n) is 9.50. The lowest BCUT2D eigenvalue weighted by atomic mass is 9.95. The zero-order chi connectivity index (χ0) is 23.4. The summed E-state index contributed by atoms with van der Waals surface area (Å²) in [5.74, 6) is 0.892. The summed E-state index contributed by atoms with van der Waals surface area (Å²) in [4.78, 5) is 20.9. The van der Waals surface area contributed by atoms with Crippen LogP contribution in [0.2, 0.25) is 5.02 Å². The summed E-state index contributed by atoms with van der Waals surface area (Å²) >= 11 is 6.03. The van der Waals surface area contributed by atoms with Gasteiger partial charge in [0.15, 0.2) is 0 Å². The number of carbonyl (C=O) groups is 1. The molecule has 180 valence electrons. The Bertz CT molecular complexity index is 1110. The van der Waals surface area contributed by atoms with Gasteiger partial charge in [-0.05, 0) is 72.7 Å². The van der Waals surface area contributed by atoms with E-state index in [2.05, 4.69) is 34.1 Å². The molecule has 2 aromatic carbocycles. The number of halogens is 1. The third-order valence-electron chi connectivity index (χ3n) is 6.85. The van der Waals surface area contributed by atoms with E-state index in [4.69, 9.17) is 21.1 Å². The molecule has 1 unspecified atom stereocenters. The fourth-order valence-electron chi connectivity index (χ4n) is 5.04. The van der Waals surface area contributed by atoms with Crippen LogP contribution in [-0.2, 0) is 16.1 Å². The lowest BCUT2D eigenvalue weighted by Gasteiger charge is -2.43. The number of amides is 1. The molecule has 3 heterocycles. The van der Waals surface area contributed by atoms with Gasteiger partial charge in [0.1, 0.15) is 18.0 Å². The van der Waals surface area contributed by atoms with Crippen molar-refractivity contribution in [1.82, 2.24) is 14.8 Å². The Morgan fingerprint density at radius 2 is 1.88 bits per heavy atom. The van der Waals surface area contributed by atoms with Crippen molar-refractivity contribution >= 4 is 28.4 Å². The van der Waals surface area contributed by atoms with Gasteiger partial charge in [0.05, 0.1) is 13.0 Å². The molecule has 2 saturated heterocycles. The molecular formula is C27H32ClN3O3. The molecule has 7 heteroatoms. The number of likely N-dealkylation sites (tertiary alicyclic amines) is 1. The number of piperidine rings is 1. The fourth-order valence-corrected chi connectivity index (χ4v) is 5.17. The van der Waals surface area contributed by atoms with Crippen LogP contribution in [-0.4, -0.2) is 65.7 Å². The number of ether oxygens (including phenoxy) is 2. The lowest BCUT2D eigenvalue weighted by molar-refractivity contribution is -0.157. The molecule has 5 rings (SSSR count). The highest BCUT2D eigenvalue weighted by Crippen LogP contribution is 2.28. The van der Waals surface area contributed by atoms with E-state index in [1.165, 1.54) is 17.4 Å². The maximum Gasteiger partial charge on any atom is 0.225 e. The molecule has 1 atom stereocenters. The monoisotopic (exact) mass is 481 g/mol. The van der Waals surface area contributed by atoms with E-state index in [-0.39, 0.29) is 5.91 Å². The van der Waals surface area contributed by atoms with Crippen LogP contribution in [0.5, 0.6) is 5.75 Å². The topological polar surface area (TPSA) is 57.8 Å². The number of nitrogens with one attached hydrogen (secondary N) is 1. The summed E-state index contributed by atoms with van der Waals surface area (Å²) in [6.07, 6.45) is 5.65. The van der Waals surface area contributed by atoms with Crippen molar-refractivity contribution in [3.8, 4) is 5.75 Å². The van der Waals surface area contributed by atoms with Gasteiger partial charge in [-0.2, -0.15) is 0 Å². The van der Waals surface area contributed by atoms with Crippen LogP contribution in [0.25, 0.3) is 10.9 Å². The van der Waals surface area contributed by atoms with E-state index in [1.54, 1.807) is 0 Å². The summed E-state index contributed by atoms with van der Waals surface area (Å²) in [7, 11) is 0. The number of benzene rings is 2. The van der Waals surface area contributed by atoms with Crippen LogP contribution >= 0.6 is 11.6 Å². The number of hydrogen-bond acceptors (Lipinski definition) is 4. The van der Waals surface area contributed by atoms with Crippen LogP contribution in [0.3, 0.4) is 0 Å². The molecule has 0 bridgehead atoms. The van der Waals surface area contributed by atoms with Crippen molar-refractivity contribution < 1.29 is 14.3 Å². The van der Waals surface area contributed by atoms with Crippen molar-refractivity contribution in [2.75, 3.05) is 39.4 Å². The molecular weight excluding hydrogens is 450 g/mol. The van der Waals surface area contributed by atoms with Crippen LogP contribution < -0.4 is 4.74 Å². The summed E-state index contributed by atoms with van der Waals surface area (Å²) < 4.78 is 12.5. The van der Waals surface area contributed by atoms with E-state index in [0.29, 0.717) is 31.2 Å². The Labute approximate surface area is 205 Å². The zero-order valence-electron chi connectivity index (χ0n) is 19.5. The number of rotatable bonds is 7. The quantitative estimate of drug-likeness (QED) is 0.523. The average Bonchev–Trinajstić information content (AvgIpc) is 3.32. The third kappa shape index (κ3) is 5.57. The maximum atomic E-state index is 13.3. The average molecular weight is 482 g/mol. The molecule has 1 N–H and O–H groups in total. The molecule has 0 saturated carbocycles. The first-order chi connectivity index (χ1) is 16.6. The highest BCUT2D eigenvalue weighted by molar-refractivity contribution is 6.30. The second-order valence-corrected chi connectivity index (χ2v) is 9.94. The number of fused-ring (bicyclic) bond motifs is 1. The van der Waals surface area contributed by atoms with Gasteiger partial charge in [-0.1, -0.05) is 17.7 Å². The lowest BCUT2D eigenvalue weighted by Crippen LogP contribution is -2.57. The van der Waals surface area contributed by atoms with Gasteiger partial charge in [-0.3, -0.25) is 9.69 Å². The third-order valence-corrected chi connectivity index (χ3v) is 7.10. The first-order valence-corrected chi connectivity index (χ1v) is 12.5. The maximum absolute atomic E-state index is 13.3. The molecule has 1 amide bonds. The minimum Gasteiger partial charge on any atom is -0.491 e. The van der Waals surface area contributed by atoms with Crippen molar-refractivity contribution in [1.29, 1.82) is 0 Å². The van der Waals surface area contributed by atoms with Gasteiger partial charge in [-0.25, -0.2) is 0 Å². The van der Waals surface area contributed by atoms with Crippen LogP contribution in [0.4, 0.5) is 0 Å². The van der Waals surface area contributed by atoms with E-state index < -0.39 is 5.60 Å². The standard InChI is InChI=1S/C27H32ClN3O3/c28-23-5-7-24(8-6-23)33-20-27(17-26(32)31-12-2-1-3-13-31)19-30(14-15-34-27)18-21-4-9-25-22(16-21)10-11-29-25/h4-11,16,29H,1-3,12-15,17-20H2. The Balaban J connectivity index is 1.32. The number of carbonyl (C=O) groups excluding carboxylic acids is 1. The van der Waals surface area contributed by atoms with E-state index in [1.807, 2.05) is 35.4 Å². The Hall–Kier alpha value is -2.54. The number of aromatic nitrogens is 1. The summed E-state index contributed by atoms with van der Waals surface area (Å²) in [5.41, 5.74) is 1.71. The smallest absolute Gasteiger partial charge is 0.225 e. The van der Waals surface area contributed by atoms with Crippen molar-refractivity contribution in [3.63, 3.8) is 0 Å². The van der Waals surface area contributed by atoms with E-state index in [0.717, 1.165) is 50.3 Å². The van der Waals surface area contributed by atoms with Crippen LogP contribution in [0, 0.1) is 0 Å². The van der Waals surface area contributed by atoms with Gasteiger partial charge < -0.3 is 19.4 Å². The van der Waals surface area contributed by atoms with Crippen LogP contribution in [0.1, 0.15) is 31.2 Å². The predicted molar refractivity (Wildman–Crippen MR) is 134 cm³/mol. The fraction of sp³-hybridized carbons (Fsp3) is 0.444. The van der Waals surface area contributed by atoms with Crippen molar-refractivity contribution in [2.45, 2.75) is 37.8 Å². The van der Waals surface area contributed by atoms with E-state index >= 15 is 0 Å². The normalized spacial score (nSPS) is 21.6. The first-order valence-electron chi connectivity index (χ1n) is 12.2. The van der Waals surface area contributed by atoms with Crippen molar-refractivity contribution in [2.24, 2.45) is 0 Å². The number of aromatic amines is 1. The molecule has 1 aromatic heterocycles. The Kier molecular flexibility index (Phi) is 7.09. The number of hydrogen-bond donors (Lipinski definition) is 1. The highest BCUT2D eigenvalue weighted by Gasteiger charge is 2.41. The molecule has 2 aliphatic heterocycles. The predicted octanol–water partition coefficient (Wildman–Crippen LogP) is 4.87. The summed E-state index contributed by atoms with van der Waals surface area (Å²) in [5, 5.41) is 1.88. The number of H-pyrrole nitrogens is 1. The Morgan fingerprint density at radius 1 is 1.06 bits per heavy atom. The molecule has 0 radical (unpaired) electrons. The van der Waals surface area contributed by atoms with E-state index in [9.17, 15) is 4.79 Å². The van der Waals surface area contributed by atoms with Gasteiger partial charge in [0.2, 0.25) is 5.91 Å². The van der Waals surface area contributed by atoms with Gasteiger partial charge in [-0.15, -0.1) is 0 Å². The largest absolute Gasteiger partial charge is 0.491 e. The SMILES string of the molecule is O=C(CC1(COc2ccc(Cl)cc2)CN(Cc2ccc3[nH]ccc3c2)CCO1)N1CCCCC1. The molecule has 0 aliphatic carbocycles. The Morgan fingerprint density at radius 3 is 2.71 bits per heavy atom. The van der Waals surface area contributed by atoms with Crippen molar-refractivity contribution in [3.05, 3.63) is 65.3 Å². The van der Waals surface area contributed by atoms with Crippen LogP contribution in [0.15, 0.2) is 54.7 Å². The van der Waals surface area contributed by atoms with Gasteiger partial charge in [0.25, 0.3) is 0 Å². The molecule has 34 heavy (non-hydrogen) atoms. The molecule has 2 aliphatic rings. The minimum absolute atomic E-state index is 0.162. The van der Waals surface area contributed by atoms with Gasteiger partial charge in [0, 0.05) is 49.5 Å². The number of nitrogens with zero attached hydrogens (tertiary/aromatic N) is 2. The van der Waals surface area contributed by atoms with Gasteiger partial charge >= 0.3 is 0 Å². The highest BCUT2D eigenvalue weighted by atomic mass is 35.5. The summed E-state index contributed by atoms with van der Waals surface area (Å²) in [6, 6.07) is 16.0. The first kappa shape index (κ1) is 23.2. The molecule has 2 fully saturated rings. The zero-order valence-corrected chi connectivity index (χ0v) is 20.2. The minimum atomic E-state index is -0.690. The summed E-state index contributed by atoms with van der Waals surface area (Å²) in [6.45, 7) is 4.86. The number of morpholine rings is 1. The molecule has 0 spiro atoms. The molecule has 3 aromatic rings. The second kappa shape index (κ2) is 10.4.